The van der Waals surface area contributed by atoms with Crippen molar-refractivity contribution >= 4 is 22.2 Å². The van der Waals surface area contributed by atoms with Gasteiger partial charge in [0.1, 0.15) is 6.61 Å². The van der Waals surface area contributed by atoms with Crippen molar-refractivity contribution in [3.05, 3.63) is 47.7 Å². The number of ether oxygens (including phenoxy) is 2. The molecule has 0 bridgehead atoms. The van der Waals surface area contributed by atoms with Crippen molar-refractivity contribution in [1.29, 1.82) is 0 Å². The van der Waals surface area contributed by atoms with E-state index < -0.39 is 0 Å². The van der Waals surface area contributed by atoms with Crippen LogP contribution in [0.5, 0.6) is 11.5 Å². The Bertz CT molecular complexity index is 844. The van der Waals surface area contributed by atoms with Crippen LogP contribution in [0.4, 0.5) is 0 Å². The minimum atomic E-state index is -0.167. The van der Waals surface area contributed by atoms with Crippen molar-refractivity contribution in [2.75, 3.05) is 20.2 Å². The van der Waals surface area contributed by atoms with Crippen LogP contribution in [0.2, 0.25) is 0 Å². The first-order valence-corrected chi connectivity index (χ1v) is 8.60. The molecule has 6 nitrogen and oxygen atoms in total. The predicted octanol–water partition coefficient (Wildman–Crippen LogP) is 2.24. The Balaban J connectivity index is 1.36. The second-order valence-corrected chi connectivity index (χ2v) is 6.65. The van der Waals surface area contributed by atoms with Gasteiger partial charge >= 0.3 is 0 Å². The number of fused-ring (bicyclic) bond motifs is 2. The maximum Gasteiger partial charge on any atom is 0.228 e. The van der Waals surface area contributed by atoms with Crippen molar-refractivity contribution < 1.29 is 14.3 Å². The molecular weight excluding hydrogens is 326 g/mol. The average Bonchev–Trinajstić information content (AvgIpc) is 3.16. The van der Waals surface area contributed by atoms with E-state index >= 15 is 0 Å². The lowest BCUT2D eigenvalue weighted by molar-refractivity contribution is -0.130. The number of carbonyl (C=O) groups is 1. The van der Waals surface area contributed by atoms with E-state index in [1.165, 1.54) is 0 Å². The molecule has 1 atom stereocenters. The van der Waals surface area contributed by atoms with Crippen LogP contribution < -0.4 is 9.47 Å². The SMILES string of the molecule is CN(CC1COc2ccccc2O1)C(=O)Cc1cn2ccsc2n1. The van der Waals surface area contributed by atoms with E-state index in [9.17, 15) is 4.79 Å². The van der Waals surface area contributed by atoms with E-state index in [0.717, 1.165) is 22.2 Å². The number of amides is 1. The summed E-state index contributed by atoms with van der Waals surface area (Å²) in [4.78, 5) is 19.4. The molecule has 0 fully saturated rings. The third kappa shape index (κ3) is 2.94. The zero-order valence-electron chi connectivity index (χ0n) is 13.2. The second-order valence-electron chi connectivity index (χ2n) is 5.77. The predicted molar refractivity (Wildman–Crippen MR) is 90.8 cm³/mol. The van der Waals surface area contributed by atoms with Crippen molar-refractivity contribution in [3.63, 3.8) is 0 Å². The molecule has 1 aliphatic rings. The number of thiazole rings is 1. The summed E-state index contributed by atoms with van der Waals surface area (Å²) in [7, 11) is 1.78. The van der Waals surface area contributed by atoms with Crippen LogP contribution in [0.25, 0.3) is 4.96 Å². The summed E-state index contributed by atoms with van der Waals surface area (Å²) < 4.78 is 13.5. The number of carbonyl (C=O) groups excluding carboxylic acids is 1. The molecule has 7 heteroatoms. The van der Waals surface area contributed by atoms with Gasteiger partial charge in [-0.15, -0.1) is 11.3 Å². The molecule has 0 saturated carbocycles. The van der Waals surface area contributed by atoms with Crippen LogP contribution in [0.1, 0.15) is 5.69 Å². The van der Waals surface area contributed by atoms with Gasteiger partial charge in [-0.1, -0.05) is 12.1 Å². The highest BCUT2D eigenvalue weighted by Crippen LogP contribution is 2.30. The Labute approximate surface area is 143 Å². The molecule has 1 unspecified atom stereocenters. The van der Waals surface area contributed by atoms with Gasteiger partial charge in [0, 0.05) is 24.8 Å². The number of imidazole rings is 1. The van der Waals surface area contributed by atoms with E-state index in [-0.39, 0.29) is 18.4 Å². The zero-order chi connectivity index (χ0) is 16.5. The van der Waals surface area contributed by atoms with E-state index in [1.807, 2.05) is 46.4 Å². The molecule has 4 rings (SSSR count). The fraction of sp³-hybridized carbons (Fsp3) is 0.294. The maximum absolute atomic E-state index is 12.4. The van der Waals surface area contributed by atoms with E-state index in [4.69, 9.17) is 9.47 Å². The lowest BCUT2D eigenvalue weighted by atomic mass is 10.2. The quantitative estimate of drug-likeness (QED) is 0.729. The third-order valence-electron chi connectivity index (χ3n) is 3.95. The standard InChI is InChI=1S/C17H17N3O3S/c1-19(10-13-11-22-14-4-2-3-5-15(14)23-13)16(21)8-12-9-20-6-7-24-17(20)18-12/h2-7,9,13H,8,10-11H2,1H3. The molecule has 124 valence electrons. The highest BCUT2D eigenvalue weighted by molar-refractivity contribution is 7.15. The molecule has 2 aromatic heterocycles. The number of benzene rings is 1. The molecule has 0 spiro atoms. The van der Waals surface area contributed by atoms with Crippen molar-refractivity contribution in [2.24, 2.45) is 0 Å². The lowest BCUT2D eigenvalue weighted by Crippen LogP contribution is -2.42. The molecule has 0 radical (unpaired) electrons. The van der Waals surface area contributed by atoms with Crippen LogP contribution >= 0.6 is 11.3 Å². The molecular formula is C17H17N3O3S. The first kappa shape index (κ1) is 15.0. The van der Waals surface area contributed by atoms with Crippen LogP contribution in [0, 0.1) is 0 Å². The van der Waals surface area contributed by atoms with Crippen molar-refractivity contribution in [3.8, 4) is 11.5 Å². The molecule has 3 aromatic rings. The number of aromatic nitrogens is 2. The molecule has 0 N–H and O–H groups in total. The zero-order valence-corrected chi connectivity index (χ0v) is 14.0. The van der Waals surface area contributed by atoms with Gasteiger partial charge in [0.25, 0.3) is 0 Å². The number of rotatable bonds is 4. The minimum Gasteiger partial charge on any atom is -0.486 e. The highest BCUT2D eigenvalue weighted by Gasteiger charge is 2.24. The first-order chi connectivity index (χ1) is 11.7. The Morgan fingerprint density at radius 3 is 3.08 bits per heavy atom. The fourth-order valence-corrected chi connectivity index (χ4v) is 3.43. The van der Waals surface area contributed by atoms with Gasteiger partial charge in [-0.3, -0.25) is 9.20 Å². The van der Waals surface area contributed by atoms with Gasteiger partial charge in [0.15, 0.2) is 22.6 Å². The van der Waals surface area contributed by atoms with E-state index in [0.29, 0.717) is 13.2 Å². The van der Waals surface area contributed by atoms with Crippen LogP contribution in [0.3, 0.4) is 0 Å². The van der Waals surface area contributed by atoms with Gasteiger partial charge in [0.2, 0.25) is 5.91 Å². The highest BCUT2D eigenvalue weighted by atomic mass is 32.1. The third-order valence-corrected chi connectivity index (χ3v) is 4.72. The van der Waals surface area contributed by atoms with Gasteiger partial charge in [-0.25, -0.2) is 4.98 Å². The largest absolute Gasteiger partial charge is 0.486 e. The van der Waals surface area contributed by atoms with E-state index in [1.54, 1.807) is 23.3 Å². The fourth-order valence-electron chi connectivity index (χ4n) is 2.71. The summed E-state index contributed by atoms with van der Waals surface area (Å²) in [6.45, 7) is 0.921. The monoisotopic (exact) mass is 343 g/mol. The Kier molecular flexibility index (Phi) is 3.86. The first-order valence-electron chi connectivity index (χ1n) is 7.72. The number of nitrogens with zero attached hydrogens (tertiary/aromatic N) is 3. The van der Waals surface area contributed by atoms with E-state index in [2.05, 4.69) is 4.98 Å². The molecule has 24 heavy (non-hydrogen) atoms. The Morgan fingerprint density at radius 2 is 2.25 bits per heavy atom. The number of likely N-dealkylation sites (N-methyl/N-ethyl adjacent to an activating group) is 1. The molecule has 1 aliphatic heterocycles. The summed E-state index contributed by atoms with van der Waals surface area (Å²) in [6.07, 6.45) is 3.96. The number of hydrogen-bond donors (Lipinski definition) is 0. The summed E-state index contributed by atoms with van der Waals surface area (Å²) in [5.41, 5.74) is 0.782. The maximum atomic E-state index is 12.4. The summed E-state index contributed by atoms with van der Waals surface area (Å²) in [5.74, 6) is 1.49. The average molecular weight is 343 g/mol. The summed E-state index contributed by atoms with van der Waals surface area (Å²) in [6, 6.07) is 7.57. The lowest BCUT2D eigenvalue weighted by Gasteiger charge is -2.29. The van der Waals surface area contributed by atoms with Gasteiger partial charge < -0.3 is 14.4 Å². The summed E-state index contributed by atoms with van der Waals surface area (Å²) >= 11 is 1.56. The molecule has 3 heterocycles. The van der Waals surface area contributed by atoms with Crippen molar-refractivity contribution in [1.82, 2.24) is 14.3 Å². The van der Waals surface area contributed by atoms with Crippen molar-refractivity contribution in [2.45, 2.75) is 12.5 Å². The number of para-hydroxylation sites is 2. The summed E-state index contributed by atoms with van der Waals surface area (Å²) in [5, 5.41) is 1.97. The van der Waals surface area contributed by atoms with Crippen LogP contribution in [0.15, 0.2) is 42.0 Å². The smallest absolute Gasteiger partial charge is 0.228 e. The Hall–Kier alpha value is -2.54. The normalized spacial score (nSPS) is 16.3. The van der Waals surface area contributed by atoms with Crippen LogP contribution in [-0.2, 0) is 11.2 Å². The molecule has 0 aliphatic carbocycles. The molecule has 0 saturated heterocycles. The van der Waals surface area contributed by atoms with Gasteiger partial charge in [-0.05, 0) is 12.1 Å². The minimum absolute atomic E-state index is 0.0169. The topological polar surface area (TPSA) is 56.1 Å². The molecule has 1 aromatic carbocycles. The Morgan fingerprint density at radius 1 is 1.42 bits per heavy atom. The van der Waals surface area contributed by atoms with Gasteiger partial charge in [-0.2, -0.15) is 0 Å². The van der Waals surface area contributed by atoms with Gasteiger partial charge in [0.05, 0.1) is 18.7 Å². The van der Waals surface area contributed by atoms with Crippen LogP contribution in [-0.4, -0.2) is 46.5 Å². The molecule has 1 amide bonds. The number of hydrogen-bond acceptors (Lipinski definition) is 5. The second kappa shape index (κ2) is 6.16.